The normalized spacial score (nSPS) is 10.6. The summed E-state index contributed by atoms with van der Waals surface area (Å²) in [4.78, 5) is 26.6. The van der Waals surface area contributed by atoms with E-state index in [-0.39, 0.29) is 24.1 Å². The van der Waals surface area contributed by atoms with Crippen LogP contribution in [0.15, 0.2) is 24.3 Å². The van der Waals surface area contributed by atoms with Gasteiger partial charge >= 0.3 is 0 Å². The van der Waals surface area contributed by atoms with Crippen LogP contribution < -0.4 is 0 Å². The molecule has 104 valence electrons. The van der Waals surface area contributed by atoms with Gasteiger partial charge in [0.25, 0.3) is 0 Å². The first-order valence-corrected chi connectivity index (χ1v) is 6.07. The zero-order chi connectivity index (χ0) is 14.4. The van der Waals surface area contributed by atoms with Crippen molar-refractivity contribution >= 4 is 11.7 Å². The van der Waals surface area contributed by atoms with Crippen molar-refractivity contribution in [1.82, 2.24) is 9.80 Å². The van der Waals surface area contributed by atoms with Gasteiger partial charge in [-0.15, -0.1) is 0 Å². The number of amides is 1. The third kappa shape index (κ3) is 5.18. The summed E-state index contributed by atoms with van der Waals surface area (Å²) >= 11 is 0. The molecule has 0 fully saturated rings. The number of carbonyl (C=O) groups is 2. The second-order valence-corrected chi connectivity index (χ2v) is 4.71. The number of ketones is 1. The number of carbonyl (C=O) groups excluding carboxylic acids is 2. The third-order valence-electron chi connectivity index (χ3n) is 2.79. The summed E-state index contributed by atoms with van der Waals surface area (Å²) < 4.78 is 12.7. The molecule has 5 heteroatoms. The Morgan fingerprint density at radius 2 is 1.68 bits per heavy atom. The summed E-state index contributed by atoms with van der Waals surface area (Å²) in [6, 6.07) is 5.49. The molecular weight excluding hydrogens is 247 g/mol. The van der Waals surface area contributed by atoms with Crippen LogP contribution in [0.3, 0.4) is 0 Å². The first-order valence-electron chi connectivity index (χ1n) is 6.07. The maximum Gasteiger partial charge on any atom is 0.236 e. The van der Waals surface area contributed by atoms with Crippen LogP contribution in [0, 0.1) is 5.82 Å². The van der Waals surface area contributed by atoms with Crippen molar-refractivity contribution < 1.29 is 14.0 Å². The van der Waals surface area contributed by atoms with Gasteiger partial charge < -0.3 is 4.90 Å². The largest absolute Gasteiger partial charge is 0.348 e. The highest BCUT2D eigenvalue weighted by Crippen LogP contribution is 2.06. The Labute approximate surface area is 112 Å². The minimum atomic E-state index is -0.356. The van der Waals surface area contributed by atoms with Crippen molar-refractivity contribution in [2.24, 2.45) is 0 Å². The Bertz CT molecular complexity index is 443. The van der Waals surface area contributed by atoms with E-state index in [1.807, 2.05) is 0 Å². The molecule has 0 saturated heterocycles. The molecule has 4 nitrogen and oxygen atoms in total. The van der Waals surface area contributed by atoms with Crippen LogP contribution in [0.25, 0.3) is 0 Å². The fraction of sp³-hybridized carbons (Fsp3) is 0.429. The molecule has 0 aliphatic rings. The molecule has 19 heavy (non-hydrogen) atoms. The molecule has 0 atom stereocenters. The van der Waals surface area contributed by atoms with E-state index in [0.717, 1.165) is 0 Å². The average Bonchev–Trinajstić information content (AvgIpc) is 2.36. The highest BCUT2D eigenvalue weighted by atomic mass is 19.1. The molecule has 1 amide bonds. The maximum atomic E-state index is 12.7. The van der Waals surface area contributed by atoms with Crippen LogP contribution in [-0.4, -0.2) is 55.7 Å². The molecule has 1 aromatic carbocycles. The molecule has 0 aliphatic heterocycles. The van der Waals surface area contributed by atoms with Crippen molar-refractivity contribution in [3.05, 3.63) is 35.6 Å². The monoisotopic (exact) mass is 266 g/mol. The van der Waals surface area contributed by atoms with Crippen LogP contribution in [0.5, 0.6) is 0 Å². The fourth-order valence-corrected chi connectivity index (χ4v) is 1.52. The summed E-state index contributed by atoms with van der Waals surface area (Å²) in [7, 11) is 5.18. The van der Waals surface area contributed by atoms with E-state index >= 15 is 0 Å². The second-order valence-electron chi connectivity index (χ2n) is 4.71. The standard InChI is InChI=1S/C14H19FN2O2/c1-16(2)14(19)10-17(3)9-8-13(18)11-4-6-12(15)7-5-11/h4-7H,8-10H2,1-3H3. The van der Waals surface area contributed by atoms with Gasteiger partial charge in [0, 0.05) is 32.6 Å². The summed E-state index contributed by atoms with van der Waals surface area (Å²) in [5, 5.41) is 0. The Kier molecular flexibility index (Phi) is 5.63. The molecule has 0 bridgehead atoms. The number of benzene rings is 1. The maximum absolute atomic E-state index is 12.7. The lowest BCUT2D eigenvalue weighted by Crippen LogP contribution is -2.35. The Morgan fingerprint density at radius 3 is 2.21 bits per heavy atom. The van der Waals surface area contributed by atoms with E-state index < -0.39 is 0 Å². The average molecular weight is 266 g/mol. The van der Waals surface area contributed by atoms with Crippen LogP contribution >= 0.6 is 0 Å². The Hall–Kier alpha value is -1.75. The minimum absolute atomic E-state index is 0.00303. The highest BCUT2D eigenvalue weighted by Gasteiger charge is 2.11. The molecule has 0 aromatic heterocycles. The smallest absolute Gasteiger partial charge is 0.236 e. The van der Waals surface area contributed by atoms with Gasteiger partial charge in [0.1, 0.15) is 5.82 Å². The molecule has 0 saturated carbocycles. The molecule has 0 heterocycles. The topological polar surface area (TPSA) is 40.6 Å². The molecule has 0 unspecified atom stereocenters. The number of hydrogen-bond donors (Lipinski definition) is 0. The predicted molar refractivity (Wildman–Crippen MR) is 71.5 cm³/mol. The zero-order valence-corrected chi connectivity index (χ0v) is 11.5. The SMILES string of the molecule is CN(CCC(=O)c1ccc(F)cc1)CC(=O)N(C)C. The van der Waals surface area contributed by atoms with Gasteiger partial charge in [-0.2, -0.15) is 0 Å². The van der Waals surface area contributed by atoms with E-state index in [0.29, 0.717) is 18.5 Å². The number of nitrogens with zero attached hydrogens (tertiary/aromatic N) is 2. The fourth-order valence-electron chi connectivity index (χ4n) is 1.52. The van der Waals surface area contributed by atoms with Gasteiger partial charge in [-0.25, -0.2) is 4.39 Å². The van der Waals surface area contributed by atoms with Crippen LogP contribution in [-0.2, 0) is 4.79 Å². The van der Waals surface area contributed by atoms with E-state index in [1.54, 1.807) is 26.0 Å². The summed E-state index contributed by atoms with van der Waals surface area (Å²) in [6.07, 6.45) is 0.308. The first-order chi connectivity index (χ1) is 8.90. The van der Waals surface area contributed by atoms with E-state index in [9.17, 15) is 14.0 Å². The van der Waals surface area contributed by atoms with Crippen molar-refractivity contribution in [3.8, 4) is 0 Å². The summed E-state index contributed by atoms with van der Waals surface area (Å²) in [5.74, 6) is -0.411. The van der Waals surface area contributed by atoms with E-state index in [4.69, 9.17) is 0 Å². The Morgan fingerprint density at radius 1 is 1.11 bits per heavy atom. The third-order valence-corrected chi connectivity index (χ3v) is 2.79. The number of halogens is 1. The lowest BCUT2D eigenvalue weighted by molar-refractivity contribution is -0.129. The number of likely N-dealkylation sites (N-methyl/N-ethyl adjacent to an activating group) is 2. The predicted octanol–water partition coefficient (Wildman–Crippen LogP) is 1.42. The van der Waals surface area contributed by atoms with Crippen LogP contribution in [0.2, 0.25) is 0 Å². The molecule has 1 aromatic rings. The number of rotatable bonds is 6. The highest BCUT2D eigenvalue weighted by molar-refractivity contribution is 5.96. The molecule has 0 aliphatic carbocycles. The van der Waals surface area contributed by atoms with Gasteiger partial charge in [0.05, 0.1) is 6.54 Å². The van der Waals surface area contributed by atoms with E-state index in [2.05, 4.69) is 0 Å². The van der Waals surface area contributed by atoms with Crippen LogP contribution in [0.4, 0.5) is 4.39 Å². The van der Waals surface area contributed by atoms with Crippen LogP contribution in [0.1, 0.15) is 16.8 Å². The van der Waals surface area contributed by atoms with Gasteiger partial charge in [-0.05, 0) is 31.3 Å². The quantitative estimate of drug-likeness (QED) is 0.731. The van der Waals surface area contributed by atoms with Gasteiger partial charge in [0.15, 0.2) is 5.78 Å². The lowest BCUT2D eigenvalue weighted by Gasteiger charge is -2.18. The molecule has 1 rings (SSSR count). The number of hydrogen-bond acceptors (Lipinski definition) is 3. The number of Topliss-reactive ketones (excluding diaryl/α,β-unsaturated/α-hetero) is 1. The molecule has 0 spiro atoms. The van der Waals surface area contributed by atoms with Gasteiger partial charge in [-0.3, -0.25) is 14.5 Å². The zero-order valence-electron chi connectivity index (χ0n) is 11.5. The van der Waals surface area contributed by atoms with Gasteiger partial charge in [0.2, 0.25) is 5.91 Å². The van der Waals surface area contributed by atoms with Crippen molar-refractivity contribution in [2.45, 2.75) is 6.42 Å². The first kappa shape index (κ1) is 15.3. The minimum Gasteiger partial charge on any atom is -0.348 e. The summed E-state index contributed by atoms with van der Waals surface area (Å²) in [5.41, 5.74) is 0.494. The van der Waals surface area contributed by atoms with Crippen molar-refractivity contribution in [1.29, 1.82) is 0 Å². The van der Waals surface area contributed by atoms with Crippen molar-refractivity contribution in [3.63, 3.8) is 0 Å². The molecule has 0 radical (unpaired) electrons. The Balaban J connectivity index is 2.42. The molecular formula is C14H19FN2O2. The van der Waals surface area contributed by atoms with E-state index in [1.165, 1.54) is 29.2 Å². The summed E-state index contributed by atoms with van der Waals surface area (Å²) in [6.45, 7) is 0.777. The van der Waals surface area contributed by atoms with Gasteiger partial charge in [-0.1, -0.05) is 0 Å². The molecule has 0 N–H and O–H groups in total. The lowest BCUT2D eigenvalue weighted by atomic mass is 10.1. The second kappa shape index (κ2) is 6.99. The van der Waals surface area contributed by atoms with Crippen molar-refractivity contribution in [2.75, 3.05) is 34.2 Å².